The molecule has 0 spiro atoms. The van der Waals surface area contributed by atoms with Gasteiger partial charge in [-0.2, -0.15) is 5.10 Å². The molecule has 1 unspecified atom stereocenters. The maximum absolute atomic E-state index is 4.19. The van der Waals surface area contributed by atoms with Crippen LogP contribution in [0.3, 0.4) is 0 Å². The zero-order valence-electron chi connectivity index (χ0n) is 14.5. The van der Waals surface area contributed by atoms with Crippen LogP contribution in [0, 0.1) is 0 Å². The summed E-state index contributed by atoms with van der Waals surface area (Å²) in [6, 6.07) is 13.1. The second kappa shape index (κ2) is 7.41. The van der Waals surface area contributed by atoms with Crippen molar-refractivity contribution in [3.8, 4) is 11.3 Å². The number of nitrogens with zero attached hydrogens (tertiary/aromatic N) is 2. The van der Waals surface area contributed by atoms with Crippen LogP contribution >= 0.6 is 0 Å². The fourth-order valence-electron chi connectivity index (χ4n) is 2.76. The van der Waals surface area contributed by atoms with Crippen LogP contribution in [0.1, 0.15) is 49.4 Å². The first-order valence-corrected chi connectivity index (χ1v) is 8.41. The molecular weight excluding hydrogens is 296 g/mol. The van der Waals surface area contributed by atoms with Crippen LogP contribution in [-0.4, -0.2) is 15.2 Å². The van der Waals surface area contributed by atoms with Gasteiger partial charge in [0.15, 0.2) is 0 Å². The summed E-state index contributed by atoms with van der Waals surface area (Å²) < 4.78 is 0. The summed E-state index contributed by atoms with van der Waals surface area (Å²) >= 11 is 0. The molecule has 4 nitrogen and oxygen atoms in total. The van der Waals surface area contributed by atoms with Crippen molar-refractivity contribution in [2.45, 2.75) is 39.3 Å². The molecule has 2 N–H and O–H groups in total. The summed E-state index contributed by atoms with van der Waals surface area (Å²) in [6.07, 6.45) is 5.51. The number of hydrogen-bond donors (Lipinski definition) is 2. The zero-order chi connectivity index (χ0) is 16.9. The maximum Gasteiger partial charge on any atom is 0.0710 e. The number of aromatic amines is 1. The molecule has 0 radical (unpaired) electrons. The van der Waals surface area contributed by atoms with Crippen molar-refractivity contribution in [2.75, 3.05) is 0 Å². The van der Waals surface area contributed by atoms with E-state index in [1.54, 1.807) is 6.20 Å². The van der Waals surface area contributed by atoms with Crippen molar-refractivity contribution < 1.29 is 0 Å². The van der Waals surface area contributed by atoms with Gasteiger partial charge in [0.1, 0.15) is 0 Å². The molecule has 2 aromatic heterocycles. The lowest BCUT2D eigenvalue weighted by Crippen LogP contribution is -2.18. The van der Waals surface area contributed by atoms with Crippen LogP contribution < -0.4 is 5.32 Å². The fourth-order valence-corrected chi connectivity index (χ4v) is 2.76. The monoisotopic (exact) mass is 320 g/mol. The molecule has 0 aliphatic carbocycles. The van der Waals surface area contributed by atoms with Crippen LogP contribution in [0.15, 0.2) is 55.0 Å². The van der Waals surface area contributed by atoms with E-state index in [4.69, 9.17) is 0 Å². The summed E-state index contributed by atoms with van der Waals surface area (Å²) in [4.78, 5) is 4.18. The molecule has 4 heteroatoms. The Kier molecular flexibility index (Phi) is 5.06. The normalized spacial score (nSPS) is 12.5. The van der Waals surface area contributed by atoms with Gasteiger partial charge in [0.05, 0.1) is 11.9 Å². The summed E-state index contributed by atoms with van der Waals surface area (Å²) in [5.74, 6) is 0.565. The van der Waals surface area contributed by atoms with E-state index in [0.717, 1.165) is 23.4 Å². The van der Waals surface area contributed by atoms with Gasteiger partial charge in [-0.25, -0.2) is 0 Å². The molecule has 0 aliphatic rings. The van der Waals surface area contributed by atoms with Gasteiger partial charge in [-0.05, 0) is 36.1 Å². The highest BCUT2D eigenvalue weighted by molar-refractivity contribution is 5.61. The van der Waals surface area contributed by atoms with Gasteiger partial charge in [0.2, 0.25) is 0 Å². The average Bonchev–Trinajstić information content (AvgIpc) is 3.09. The second-order valence-electron chi connectivity index (χ2n) is 6.44. The van der Waals surface area contributed by atoms with Crippen LogP contribution in [0.5, 0.6) is 0 Å². The largest absolute Gasteiger partial charge is 0.306 e. The van der Waals surface area contributed by atoms with E-state index in [1.807, 2.05) is 24.5 Å². The topological polar surface area (TPSA) is 53.6 Å². The molecule has 0 aliphatic heterocycles. The summed E-state index contributed by atoms with van der Waals surface area (Å²) in [5, 5.41) is 10.8. The Hall–Kier alpha value is -2.46. The number of benzene rings is 1. The highest BCUT2D eigenvalue weighted by Gasteiger charge is 2.10. The van der Waals surface area contributed by atoms with Crippen molar-refractivity contribution >= 4 is 0 Å². The van der Waals surface area contributed by atoms with Gasteiger partial charge in [0.25, 0.3) is 0 Å². The lowest BCUT2D eigenvalue weighted by Gasteiger charge is -2.15. The minimum absolute atomic E-state index is 0.280. The number of nitrogens with one attached hydrogen (secondary N) is 2. The Balaban J connectivity index is 1.67. The molecule has 0 fully saturated rings. The molecule has 3 aromatic rings. The molecule has 3 rings (SSSR count). The molecular formula is C20H24N4. The quantitative estimate of drug-likeness (QED) is 0.705. The summed E-state index contributed by atoms with van der Waals surface area (Å²) in [5.41, 5.74) is 5.90. The van der Waals surface area contributed by atoms with Gasteiger partial charge in [-0.15, -0.1) is 0 Å². The SMILES string of the molecule is CC(C)c1ccc(C(C)NCc2cn[nH]c2-c2cccnc2)cc1. The average molecular weight is 320 g/mol. The van der Waals surface area contributed by atoms with E-state index in [2.05, 4.69) is 65.5 Å². The van der Waals surface area contributed by atoms with Crippen molar-refractivity contribution in [1.29, 1.82) is 0 Å². The molecule has 2 heterocycles. The maximum atomic E-state index is 4.19. The first kappa shape index (κ1) is 16.4. The molecule has 124 valence electrons. The van der Waals surface area contributed by atoms with Crippen LogP contribution in [-0.2, 0) is 6.54 Å². The summed E-state index contributed by atoms with van der Waals surface area (Å²) in [6.45, 7) is 7.38. The van der Waals surface area contributed by atoms with Crippen molar-refractivity contribution in [1.82, 2.24) is 20.5 Å². The summed E-state index contributed by atoms with van der Waals surface area (Å²) in [7, 11) is 0. The lowest BCUT2D eigenvalue weighted by atomic mass is 9.99. The van der Waals surface area contributed by atoms with Crippen molar-refractivity contribution in [3.63, 3.8) is 0 Å². The Morgan fingerprint density at radius 2 is 1.75 bits per heavy atom. The van der Waals surface area contributed by atoms with E-state index >= 15 is 0 Å². The highest BCUT2D eigenvalue weighted by Crippen LogP contribution is 2.22. The molecule has 1 aromatic carbocycles. The predicted octanol–water partition coefficient (Wildman–Crippen LogP) is 4.45. The Morgan fingerprint density at radius 3 is 2.42 bits per heavy atom. The first-order valence-electron chi connectivity index (χ1n) is 8.41. The molecule has 0 saturated carbocycles. The molecule has 1 atom stereocenters. The number of hydrogen-bond acceptors (Lipinski definition) is 3. The Labute approximate surface area is 143 Å². The van der Waals surface area contributed by atoms with Crippen LogP contribution in [0.2, 0.25) is 0 Å². The fraction of sp³-hybridized carbons (Fsp3) is 0.300. The molecule has 0 amide bonds. The van der Waals surface area contributed by atoms with Gasteiger partial charge >= 0.3 is 0 Å². The highest BCUT2D eigenvalue weighted by atomic mass is 15.1. The smallest absolute Gasteiger partial charge is 0.0710 e. The Bertz CT molecular complexity index is 760. The Morgan fingerprint density at radius 1 is 1.00 bits per heavy atom. The third kappa shape index (κ3) is 3.71. The predicted molar refractivity (Wildman–Crippen MR) is 97.6 cm³/mol. The zero-order valence-corrected chi connectivity index (χ0v) is 14.5. The van der Waals surface area contributed by atoms with Gasteiger partial charge in [-0.1, -0.05) is 38.1 Å². The first-order chi connectivity index (χ1) is 11.6. The third-order valence-corrected chi connectivity index (χ3v) is 4.37. The van der Waals surface area contributed by atoms with E-state index in [-0.39, 0.29) is 6.04 Å². The number of pyridine rings is 1. The van der Waals surface area contributed by atoms with Crippen LogP contribution in [0.4, 0.5) is 0 Å². The second-order valence-corrected chi connectivity index (χ2v) is 6.44. The minimum atomic E-state index is 0.280. The number of H-pyrrole nitrogens is 1. The molecule has 24 heavy (non-hydrogen) atoms. The van der Waals surface area contributed by atoms with E-state index in [1.165, 1.54) is 11.1 Å². The van der Waals surface area contributed by atoms with Crippen molar-refractivity contribution in [2.24, 2.45) is 0 Å². The molecule has 0 bridgehead atoms. The lowest BCUT2D eigenvalue weighted by molar-refractivity contribution is 0.575. The van der Waals surface area contributed by atoms with E-state index in [9.17, 15) is 0 Å². The minimum Gasteiger partial charge on any atom is -0.306 e. The van der Waals surface area contributed by atoms with E-state index in [0.29, 0.717) is 5.92 Å². The standard InChI is InChI=1S/C20H24N4/c1-14(2)16-6-8-17(9-7-16)15(3)22-12-19-13-23-24-20(19)18-5-4-10-21-11-18/h4-11,13-15,22H,12H2,1-3H3,(H,23,24). The van der Waals surface area contributed by atoms with E-state index < -0.39 is 0 Å². The van der Waals surface area contributed by atoms with Crippen molar-refractivity contribution in [3.05, 3.63) is 71.7 Å². The number of rotatable bonds is 6. The van der Waals surface area contributed by atoms with Gasteiger partial charge < -0.3 is 5.32 Å². The molecule has 0 saturated heterocycles. The van der Waals surface area contributed by atoms with Gasteiger partial charge in [-0.3, -0.25) is 10.1 Å². The number of aromatic nitrogens is 3. The third-order valence-electron chi connectivity index (χ3n) is 4.37. The van der Waals surface area contributed by atoms with Gasteiger partial charge in [0, 0.05) is 36.1 Å². The van der Waals surface area contributed by atoms with Crippen LogP contribution in [0.25, 0.3) is 11.3 Å².